The van der Waals surface area contributed by atoms with Crippen LogP contribution in [0.3, 0.4) is 0 Å². The van der Waals surface area contributed by atoms with Crippen molar-refractivity contribution in [2.75, 3.05) is 0 Å². The lowest BCUT2D eigenvalue weighted by Crippen LogP contribution is -2.24. The van der Waals surface area contributed by atoms with Gasteiger partial charge in [0.2, 0.25) is 0 Å². The van der Waals surface area contributed by atoms with E-state index in [4.69, 9.17) is 16.0 Å². The number of hydrogen-bond acceptors (Lipinski definition) is 4. The van der Waals surface area contributed by atoms with Gasteiger partial charge in [0.25, 0.3) is 0 Å². The van der Waals surface area contributed by atoms with Gasteiger partial charge >= 0.3 is 0 Å². The Morgan fingerprint density at radius 2 is 2.17 bits per heavy atom. The zero-order chi connectivity index (χ0) is 16.6. The highest BCUT2D eigenvalue weighted by Gasteiger charge is 2.48. The largest absolute Gasteiger partial charge is 0.469 e. The highest BCUT2D eigenvalue weighted by Crippen LogP contribution is 2.49. The normalized spacial score (nSPS) is 20.6. The zero-order valence-electron chi connectivity index (χ0n) is 12.5. The lowest BCUT2D eigenvalue weighted by molar-refractivity contribution is -0.121. The van der Waals surface area contributed by atoms with E-state index in [9.17, 15) is 14.9 Å². The van der Waals surface area contributed by atoms with Gasteiger partial charge in [0.05, 0.1) is 17.9 Å². The van der Waals surface area contributed by atoms with E-state index in [1.54, 1.807) is 13.0 Å². The third-order valence-corrected chi connectivity index (χ3v) is 4.47. The molecule has 1 aliphatic carbocycles. The minimum Gasteiger partial charge on any atom is -0.469 e. The Morgan fingerprint density at radius 3 is 2.78 bits per heavy atom. The second-order valence-corrected chi connectivity index (χ2v) is 6.16. The van der Waals surface area contributed by atoms with Crippen molar-refractivity contribution in [3.63, 3.8) is 0 Å². The molecule has 1 aromatic heterocycles. The lowest BCUT2D eigenvalue weighted by Gasteiger charge is -2.07. The SMILES string of the molecule is Cc1occc1C(=O)[C@H](C#N)C(=O)[C@@H]1C[C@H]1c1cccc(Cl)c1. The van der Waals surface area contributed by atoms with Crippen LogP contribution in [0.25, 0.3) is 0 Å². The van der Waals surface area contributed by atoms with Crippen LogP contribution in [0.4, 0.5) is 0 Å². The van der Waals surface area contributed by atoms with E-state index < -0.39 is 11.7 Å². The van der Waals surface area contributed by atoms with E-state index in [2.05, 4.69) is 0 Å². The number of carbonyl (C=O) groups is 2. The Bertz CT molecular complexity index is 818. The molecule has 0 aliphatic heterocycles. The summed E-state index contributed by atoms with van der Waals surface area (Å²) in [7, 11) is 0. The van der Waals surface area contributed by atoms with Crippen LogP contribution in [0.1, 0.15) is 34.0 Å². The lowest BCUT2D eigenvalue weighted by atomic mass is 9.91. The van der Waals surface area contributed by atoms with Crippen molar-refractivity contribution in [1.29, 1.82) is 5.26 Å². The van der Waals surface area contributed by atoms with Crippen LogP contribution in [0, 0.1) is 30.1 Å². The van der Waals surface area contributed by atoms with Crippen molar-refractivity contribution in [3.8, 4) is 6.07 Å². The molecular formula is C18H14ClNO3. The standard InChI is InChI=1S/C18H14ClNO3/c1-10-13(5-6-23-10)17(21)16(9-20)18(22)15-8-14(15)11-3-2-4-12(19)7-11/h2-7,14-16H,8H2,1H3/t14-,15+,16-/m0/s1. The van der Waals surface area contributed by atoms with Crippen molar-refractivity contribution in [2.24, 2.45) is 11.8 Å². The minimum absolute atomic E-state index is 0.0373. The van der Waals surface area contributed by atoms with Crippen LogP contribution >= 0.6 is 11.6 Å². The van der Waals surface area contributed by atoms with Crippen molar-refractivity contribution >= 4 is 23.2 Å². The fraction of sp³-hybridized carbons (Fsp3) is 0.278. The average Bonchev–Trinajstić information content (AvgIpc) is 3.22. The summed E-state index contributed by atoms with van der Waals surface area (Å²) >= 11 is 5.97. The van der Waals surface area contributed by atoms with Crippen LogP contribution in [0.15, 0.2) is 41.0 Å². The van der Waals surface area contributed by atoms with E-state index in [0.717, 1.165) is 5.56 Å². The Morgan fingerprint density at radius 1 is 1.39 bits per heavy atom. The van der Waals surface area contributed by atoms with E-state index in [0.29, 0.717) is 22.8 Å². The molecule has 1 fully saturated rings. The number of Topliss-reactive ketones (excluding diaryl/α,β-unsaturated/α-hetero) is 2. The number of nitrogens with zero attached hydrogens (tertiary/aromatic N) is 1. The summed E-state index contributed by atoms with van der Waals surface area (Å²) in [6, 6.07) is 10.7. The van der Waals surface area contributed by atoms with Gasteiger partial charge in [-0.3, -0.25) is 9.59 Å². The molecule has 23 heavy (non-hydrogen) atoms. The first-order valence-corrected chi connectivity index (χ1v) is 7.68. The number of furan rings is 1. The van der Waals surface area contributed by atoms with Crippen molar-refractivity contribution in [1.82, 2.24) is 0 Å². The number of aryl methyl sites for hydroxylation is 1. The molecular weight excluding hydrogens is 314 g/mol. The summed E-state index contributed by atoms with van der Waals surface area (Å²) in [5, 5.41) is 9.90. The predicted octanol–water partition coefficient (Wildman–Crippen LogP) is 3.94. The number of ketones is 2. The highest BCUT2D eigenvalue weighted by molar-refractivity contribution is 6.30. The number of halogens is 1. The highest BCUT2D eigenvalue weighted by atomic mass is 35.5. The van der Waals surface area contributed by atoms with E-state index >= 15 is 0 Å². The Labute approximate surface area is 138 Å². The molecule has 0 radical (unpaired) electrons. The average molecular weight is 328 g/mol. The molecule has 0 spiro atoms. The number of benzene rings is 1. The first-order valence-electron chi connectivity index (χ1n) is 7.30. The van der Waals surface area contributed by atoms with Crippen LogP contribution in [-0.2, 0) is 4.79 Å². The number of carbonyl (C=O) groups excluding carboxylic acids is 2. The quantitative estimate of drug-likeness (QED) is 0.616. The summed E-state index contributed by atoms with van der Waals surface area (Å²) in [4.78, 5) is 25.0. The molecule has 5 heteroatoms. The molecule has 116 valence electrons. The maximum atomic E-state index is 12.5. The van der Waals surface area contributed by atoms with Crippen LogP contribution in [0.5, 0.6) is 0 Å². The fourth-order valence-corrected chi connectivity index (χ4v) is 3.08. The van der Waals surface area contributed by atoms with Crippen molar-refractivity contribution < 1.29 is 14.0 Å². The summed E-state index contributed by atoms with van der Waals surface area (Å²) in [6.45, 7) is 1.64. The summed E-state index contributed by atoms with van der Waals surface area (Å²) < 4.78 is 5.08. The molecule has 0 N–H and O–H groups in total. The van der Waals surface area contributed by atoms with Crippen molar-refractivity contribution in [3.05, 3.63) is 58.5 Å². The number of rotatable bonds is 5. The molecule has 0 saturated heterocycles. The Kier molecular flexibility index (Phi) is 4.06. The third kappa shape index (κ3) is 2.93. The molecule has 1 aliphatic rings. The Balaban J connectivity index is 1.76. The van der Waals surface area contributed by atoms with E-state index in [-0.39, 0.29) is 17.6 Å². The van der Waals surface area contributed by atoms with Crippen LogP contribution < -0.4 is 0 Å². The molecule has 3 rings (SSSR count). The van der Waals surface area contributed by atoms with Gasteiger partial charge in [0.15, 0.2) is 17.5 Å². The molecule has 1 heterocycles. The molecule has 0 bridgehead atoms. The zero-order valence-corrected chi connectivity index (χ0v) is 13.2. The molecule has 4 nitrogen and oxygen atoms in total. The number of hydrogen-bond donors (Lipinski definition) is 0. The topological polar surface area (TPSA) is 71.1 Å². The van der Waals surface area contributed by atoms with Gasteiger partial charge in [-0.15, -0.1) is 0 Å². The van der Waals surface area contributed by atoms with Gasteiger partial charge in [-0.05, 0) is 43.0 Å². The summed E-state index contributed by atoms with van der Waals surface area (Å²) in [5.74, 6) is -1.92. The van der Waals surface area contributed by atoms with Gasteiger partial charge in [-0.1, -0.05) is 23.7 Å². The number of nitriles is 1. The third-order valence-electron chi connectivity index (χ3n) is 4.23. The fourth-order valence-electron chi connectivity index (χ4n) is 2.88. The van der Waals surface area contributed by atoms with Crippen LogP contribution in [0.2, 0.25) is 5.02 Å². The maximum absolute atomic E-state index is 12.5. The van der Waals surface area contributed by atoms with Gasteiger partial charge < -0.3 is 4.42 Å². The second kappa shape index (κ2) is 6.02. The molecule has 1 aromatic carbocycles. The van der Waals surface area contributed by atoms with E-state index in [1.165, 1.54) is 12.3 Å². The maximum Gasteiger partial charge on any atom is 0.191 e. The van der Waals surface area contributed by atoms with Gasteiger partial charge in [0.1, 0.15) is 5.76 Å². The predicted molar refractivity (Wildman–Crippen MR) is 84.2 cm³/mol. The Hall–Kier alpha value is -2.38. The summed E-state index contributed by atoms with van der Waals surface area (Å²) in [6.07, 6.45) is 2.03. The molecule has 3 atom stereocenters. The smallest absolute Gasteiger partial charge is 0.191 e. The molecule has 0 unspecified atom stereocenters. The first kappa shape index (κ1) is 15.5. The molecule has 0 amide bonds. The monoisotopic (exact) mass is 327 g/mol. The summed E-state index contributed by atoms with van der Waals surface area (Å²) in [5.41, 5.74) is 1.27. The van der Waals surface area contributed by atoms with Gasteiger partial charge in [-0.2, -0.15) is 5.26 Å². The molecule has 1 saturated carbocycles. The van der Waals surface area contributed by atoms with Crippen LogP contribution in [-0.4, -0.2) is 11.6 Å². The minimum atomic E-state index is -1.28. The van der Waals surface area contributed by atoms with Crippen molar-refractivity contribution in [2.45, 2.75) is 19.3 Å². The molecule has 2 aromatic rings. The van der Waals surface area contributed by atoms with Gasteiger partial charge in [0, 0.05) is 10.9 Å². The van der Waals surface area contributed by atoms with Gasteiger partial charge in [-0.25, -0.2) is 0 Å². The second-order valence-electron chi connectivity index (χ2n) is 5.72. The van der Waals surface area contributed by atoms with E-state index in [1.807, 2.05) is 24.3 Å². The first-order chi connectivity index (χ1) is 11.0.